The lowest BCUT2D eigenvalue weighted by molar-refractivity contribution is -0.120. The third-order valence-electron chi connectivity index (χ3n) is 9.32. The second-order valence-corrected chi connectivity index (χ2v) is 13.2. The molecule has 15 heteroatoms. The molecule has 14 nitrogen and oxygen atoms in total. The summed E-state index contributed by atoms with van der Waals surface area (Å²) in [5.41, 5.74) is 4.39. The van der Waals surface area contributed by atoms with Crippen molar-refractivity contribution in [3.63, 3.8) is 0 Å². The second kappa shape index (κ2) is 15.7. The number of hydrogen-bond donors (Lipinski definition) is 5. The van der Waals surface area contributed by atoms with Crippen LogP contribution in [0.1, 0.15) is 56.2 Å². The van der Waals surface area contributed by atoms with Gasteiger partial charge in [0.15, 0.2) is 5.65 Å². The molecule has 0 radical (unpaired) electrons. The molecule has 0 spiro atoms. The van der Waals surface area contributed by atoms with Crippen LogP contribution in [0.2, 0.25) is 0 Å². The van der Waals surface area contributed by atoms with E-state index in [1.165, 1.54) is 11.0 Å². The van der Waals surface area contributed by atoms with Crippen LogP contribution in [-0.4, -0.2) is 92.8 Å². The Kier molecular flexibility index (Phi) is 11.0. The number of aliphatic hydroxyl groups is 1. The zero-order valence-corrected chi connectivity index (χ0v) is 29.2. The van der Waals surface area contributed by atoms with Gasteiger partial charge in [0.1, 0.15) is 17.5 Å². The fourth-order valence-electron chi connectivity index (χ4n) is 6.17. The highest BCUT2D eigenvalue weighted by Gasteiger charge is 2.26. The van der Waals surface area contributed by atoms with Crippen LogP contribution in [0.4, 0.5) is 37.0 Å². The maximum Gasteiger partial charge on any atom is 0.328 e. The van der Waals surface area contributed by atoms with Crippen molar-refractivity contribution in [1.82, 2.24) is 29.7 Å². The number of amides is 5. The standard InChI is InChI=1S/C36H45FN10O4/c1-4-26(22-48)40-31-18-32(47-34(42-31)29(20-39-47)23(2)3)38-19-24-5-8-27(9-6-24)41-35(50)45-15-13-44(14-16-45)21-25-7-10-28(17-30(25)37)46-12-11-33(49)43-36(46)51/h5-10,17-18,20,23,26,38,48H,4,11-16,19,21-22H2,1-3H3,(H,40,42)(H,41,50)(H,43,49,51)/t26-/m0/s1. The SMILES string of the molecule is CC[C@@H](CO)Nc1cc(NCc2ccc(NC(=O)N3CCN(Cc4ccc(N5CCC(=O)NC5=O)cc4F)CC3)cc2)n2ncc(C(C)C)c2n1. The van der Waals surface area contributed by atoms with E-state index in [-0.39, 0.29) is 43.5 Å². The van der Waals surface area contributed by atoms with Gasteiger partial charge in [-0.1, -0.05) is 39.0 Å². The van der Waals surface area contributed by atoms with Gasteiger partial charge in [0, 0.05) is 80.8 Å². The van der Waals surface area contributed by atoms with E-state index >= 15 is 0 Å². The van der Waals surface area contributed by atoms with Gasteiger partial charge < -0.3 is 26.0 Å². The summed E-state index contributed by atoms with van der Waals surface area (Å²) in [7, 11) is 0. The minimum absolute atomic E-state index is 0.00743. The van der Waals surface area contributed by atoms with Crippen LogP contribution in [0, 0.1) is 5.82 Å². The molecule has 51 heavy (non-hydrogen) atoms. The monoisotopic (exact) mass is 700 g/mol. The van der Waals surface area contributed by atoms with Gasteiger partial charge in [-0.05, 0) is 42.2 Å². The number of rotatable bonds is 12. The summed E-state index contributed by atoms with van der Waals surface area (Å²) in [6, 6.07) is 13.4. The van der Waals surface area contributed by atoms with Crippen molar-refractivity contribution in [2.24, 2.45) is 0 Å². The predicted octanol–water partition coefficient (Wildman–Crippen LogP) is 4.58. The molecule has 270 valence electrons. The molecule has 5 amide bonds. The maximum atomic E-state index is 15.0. The molecule has 4 aromatic rings. The van der Waals surface area contributed by atoms with E-state index in [2.05, 4.69) is 45.1 Å². The van der Waals surface area contributed by atoms with Gasteiger partial charge in [0.25, 0.3) is 0 Å². The number of nitrogens with one attached hydrogen (secondary N) is 4. The molecular formula is C36H45FN10O4. The molecule has 2 aromatic carbocycles. The highest BCUT2D eigenvalue weighted by atomic mass is 19.1. The Balaban J connectivity index is 1.00. The summed E-state index contributed by atoms with van der Waals surface area (Å²) in [5.74, 6) is 0.917. The summed E-state index contributed by atoms with van der Waals surface area (Å²) in [5, 5.41) is 26.3. The number of aliphatic hydroxyl groups excluding tert-OH is 1. The molecular weight excluding hydrogens is 655 g/mol. The molecule has 2 saturated heterocycles. The molecule has 5 N–H and O–H groups in total. The Hall–Kier alpha value is -5.28. The highest BCUT2D eigenvalue weighted by Crippen LogP contribution is 2.26. The Morgan fingerprint density at radius 1 is 1.04 bits per heavy atom. The van der Waals surface area contributed by atoms with Crippen LogP contribution in [0.25, 0.3) is 5.65 Å². The fourth-order valence-corrected chi connectivity index (χ4v) is 6.17. The second-order valence-electron chi connectivity index (χ2n) is 13.2. The number of piperazine rings is 1. The van der Waals surface area contributed by atoms with Crippen molar-refractivity contribution in [2.75, 3.05) is 60.2 Å². The number of imide groups is 1. The fraction of sp³-hybridized carbons (Fsp3) is 0.417. The maximum absolute atomic E-state index is 15.0. The molecule has 0 unspecified atom stereocenters. The van der Waals surface area contributed by atoms with Crippen LogP contribution in [0.5, 0.6) is 0 Å². The molecule has 4 heterocycles. The van der Waals surface area contributed by atoms with Crippen molar-refractivity contribution in [2.45, 2.75) is 58.7 Å². The summed E-state index contributed by atoms with van der Waals surface area (Å²) >= 11 is 0. The number of urea groups is 2. The molecule has 2 aliphatic rings. The summed E-state index contributed by atoms with van der Waals surface area (Å²) < 4.78 is 16.8. The first-order valence-electron chi connectivity index (χ1n) is 17.4. The third kappa shape index (κ3) is 8.37. The van der Waals surface area contributed by atoms with E-state index in [0.29, 0.717) is 62.0 Å². The van der Waals surface area contributed by atoms with Gasteiger partial charge in [0.05, 0.1) is 18.8 Å². The molecule has 2 aliphatic heterocycles. The van der Waals surface area contributed by atoms with Crippen molar-refractivity contribution >= 4 is 46.6 Å². The van der Waals surface area contributed by atoms with Gasteiger partial charge in [-0.25, -0.2) is 19.0 Å². The van der Waals surface area contributed by atoms with Crippen LogP contribution < -0.4 is 26.2 Å². The van der Waals surface area contributed by atoms with Gasteiger partial charge in [0.2, 0.25) is 5.91 Å². The molecule has 1 atom stereocenters. The first-order chi connectivity index (χ1) is 24.6. The smallest absolute Gasteiger partial charge is 0.328 e. The van der Waals surface area contributed by atoms with Gasteiger partial charge >= 0.3 is 12.1 Å². The third-order valence-corrected chi connectivity index (χ3v) is 9.32. The number of halogens is 1. The van der Waals surface area contributed by atoms with Gasteiger partial charge in [-0.3, -0.25) is 19.9 Å². The number of benzene rings is 2. The van der Waals surface area contributed by atoms with Gasteiger partial charge in [-0.15, -0.1) is 0 Å². The first kappa shape index (κ1) is 35.5. The lowest BCUT2D eigenvalue weighted by Crippen LogP contribution is -2.50. The van der Waals surface area contributed by atoms with Gasteiger partial charge in [-0.2, -0.15) is 9.61 Å². The summed E-state index contributed by atoms with van der Waals surface area (Å²) in [6.07, 6.45) is 2.77. The number of carbonyl (C=O) groups is 3. The average molecular weight is 701 g/mol. The van der Waals surface area contributed by atoms with E-state index in [9.17, 15) is 23.9 Å². The number of aromatic nitrogens is 3. The Morgan fingerprint density at radius 2 is 1.80 bits per heavy atom. The number of fused-ring (bicyclic) bond motifs is 1. The molecule has 0 bridgehead atoms. The molecule has 2 fully saturated rings. The number of anilines is 4. The Morgan fingerprint density at radius 3 is 2.47 bits per heavy atom. The van der Waals surface area contributed by atoms with Crippen LogP contribution >= 0.6 is 0 Å². The number of nitrogens with zero attached hydrogens (tertiary/aromatic N) is 6. The lowest BCUT2D eigenvalue weighted by atomic mass is 10.1. The quantitative estimate of drug-likeness (QED) is 0.143. The molecule has 0 aliphatic carbocycles. The van der Waals surface area contributed by atoms with E-state index in [1.54, 1.807) is 21.5 Å². The molecule has 6 rings (SSSR count). The van der Waals surface area contributed by atoms with Crippen LogP contribution in [0.15, 0.2) is 54.7 Å². The number of carbonyl (C=O) groups excluding carboxylic acids is 3. The van der Waals surface area contributed by atoms with E-state index in [4.69, 9.17) is 4.98 Å². The first-order valence-corrected chi connectivity index (χ1v) is 17.4. The van der Waals surface area contributed by atoms with E-state index < -0.39 is 11.8 Å². The zero-order valence-electron chi connectivity index (χ0n) is 29.2. The Bertz CT molecular complexity index is 1870. The largest absolute Gasteiger partial charge is 0.394 e. The highest BCUT2D eigenvalue weighted by molar-refractivity contribution is 6.05. The topological polar surface area (TPSA) is 159 Å². The van der Waals surface area contributed by atoms with E-state index in [1.807, 2.05) is 43.5 Å². The zero-order chi connectivity index (χ0) is 36.1. The molecule has 0 saturated carbocycles. The number of hydrogen-bond acceptors (Lipinski definition) is 9. The van der Waals surface area contributed by atoms with Crippen molar-refractivity contribution in [3.05, 3.63) is 77.2 Å². The minimum atomic E-state index is -0.550. The Labute approximate surface area is 296 Å². The van der Waals surface area contributed by atoms with Crippen molar-refractivity contribution in [3.8, 4) is 0 Å². The minimum Gasteiger partial charge on any atom is -0.394 e. The average Bonchev–Trinajstić information content (AvgIpc) is 3.56. The van der Waals surface area contributed by atoms with E-state index in [0.717, 1.165) is 29.0 Å². The summed E-state index contributed by atoms with van der Waals surface area (Å²) in [4.78, 5) is 46.6. The predicted molar refractivity (Wildman–Crippen MR) is 193 cm³/mol. The normalized spacial score (nSPS) is 16.0. The van der Waals surface area contributed by atoms with Crippen LogP contribution in [0.3, 0.4) is 0 Å². The summed E-state index contributed by atoms with van der Waals surface area (Å²) in [6.45, 7) is 9.49. The van der Waals surface area contributed by atoms with Crippen molar-refractivity contribution < 1.29 is 23.9 Å². The lowest BCUT2D eigenvalue weighted by Gasteiger charge is -2.35. The van der Waals surface area contributed by atoms with Crippen molar-refractivity contribution in [1.29, 1.82) is 0 Å². The molecule has 2 aromatic heterocycles. The van der Waals surface area contributed by atoms with Crippen LogP contribution in [-0.2, 0) is 17.9 Å².